The Balaban J connectivity index is 1.54. The average molecular weight is 417 g/mol. The van der Waals surface area contributed by atoms with Crippen LogP contribution in [0.25, 0.3) is 0 Å². The number of carbonyl (C=O) groups excluding carboxylic acids is 1. The van der Waals surface area contributed by atoms with E-state index >= 15 is 0 Å². The molecule has 7 nitrogen and oxygen atoms in total. The molecular formula is C15H21BrN4O3S. The minimum atomic E-state index is -3.35. The standard InChI is InChI=1S/C15H21BrN4O3S/c16-12-1-3-13(4-2-12)19-15(21)11-5-7-20(8-6-11)24(22,23)14-9-17-10-18-14/h1-4,11,14,17-18H,5-10H2,(H,19,21). The van der Waals surface area contributed by atoms with Gasteiger partial charge in [0.2, 0.25) is 15.9 Å². The van der Waals surface area contributed by atoms with Gasteiger partial charge in [-0.3, -0.25) is 10.1 Å². The van der Waals surface area contributed by atoms with Gasteiger partial charge in [0.1, 0.15) is 5.37 Å². The highest BCUT2D eigenvalue weighted by Crippen LogP contribution is 2.23. The number of halogens is 1. The summed E-state index contributed by atoms with van der Waals surface area (Å²) in [4.78, 5) is 12.4. The summed E-state index contributed by atoms with van der Waals surface area (Å²) in [5.41, 5.74) is 0.750. The molecule has 1 amide bonds. The Bertz CT molecular complexity index is 681. The van der Waals surface area contributed by atoms with Crippen molar-refractivity contribution in [2.24, 2.45) is 5.92 Å². The molecule has 0 aromatic heterocycles. The zero-order chi connectivity index (χ0) is 17.2. The highest BCUT2D eigenvalue weighted by atomic mass is 79.9. The van der Waals surface area contributed by atoms with Crippen LogP contribution in [-0.4, -0.2) is 50.3 Å². The van der Waals surface area contributed by atoms with Crippen LogP contribution in [0.4, 0.5) is 5.69 Å². The highest BCUT2D eigenvalue weighted by Gasteiger charge is 2.37. The van der Waals surface area contributed by atoms with E-state index in [2.05, 4.69) is 31.9 Å². The molecule has 2 fully saturated rings. The summed E-state index contributed by atoms with van der Waals surface area (Å²) >= 11 is 3.36. The fourth-order valence-electron chi connectivity index (χ4n) is 3.00. The van der Waals surface area contributed by atoms with E-state index in [9.17, 15) is 13.2 Å². The van der Waals surface area contributed by atoms with Crippen molar-refractivity contribution in [3.05, 3.63) is 28.7 Å². The minimum Gasteiger partial charge on any atom is -0.326 e. The zero-order valence-corrected chi connectivity index (χ0v) is 15.6. The number of piperidine rings is 1. The van der Waals surface area contributed by atoms with Crippen LogP contribution in [-0.2, 0) is 14.8 Å². The Hall–Kier alpha value is -1.00. The molecular weight excluding hydrogens is 396 g/mol. The van der Waals surface area contributed by atoms with Gasteiger partial charge in [0.05, 0.1) is 0 Å². The third-order valence-electron chi connectivity index (χ3n) is 4.44. The van der Waals surface area contributed by atoms with Crippen molar-refractivity contribution >= 4 is 37.5 Å². The number of hydrogen-bond acceptors (Lipinski definition) is 5. The van der Waals surface area contributed by atoms with Gasteiger partial charge in [0.25, 0.3) is 0 Å². The van der Waals surface area contributed by atoms with Gasteiger partial charge in [-0.25, -0.2) is 12.7 Å². The quantitative estimate of drug-likeness (QED) is 0.678. The van der Waals surface area contributed by atoms with Gasteiger partial charge in [-0.15, -0.1) is 0 Å². The molecule has 1 unspecified atom stereocenters. The van der Waals surface area contributed by atoms with Gasteiger partial charge in [-0.05, 0) is 37.1 Å². The molecule has 9 heteroatoms. The molecule has 1 aromatic carbocycles. The van der Waals surface area contributed by atoms with E-state index in [1.807, 2.05) is 24.3 Å². The second-order valence-corrected chi connectivity index (χ2v) is 9.07. The molecule has 132 valence electrons. The van der Waals surface area contributed by atoms with E-state index in [0.29, 0.717) is 39.1 Å². The topological polar surface area (TPSA) is 90.5 Å². The Kier molecular flexibility index (Phi) is 5.56. The number of hydrogen-bond donors (Lipinski definition) is 3. The fourth-order valence-corrected chi connectivity index (χ4v) is 4.97. The SMILES string of the molecule is O=C(Nc1ccc(Br)cc1)C1CCN(S(=O)(=O)C2CNCN2)CC1. The zero-order valence-electron chi connectivity index (χ0n) is 13.2. The molecule has 0 saturated carbocycles. The first kappa shape index (κ1) is 17.8. The van der Waals surface area contributed by atoms with E-state index in [1.165, 1.54) is 4.31 Å². The van der Waals surface area contributed by atoms with Crippen molar-refractivity contribution in [3.63, 3.8) is 0 Å². The van der Waals surface area contributed by atoms with Crippen molar-refractivity contribution in [1.29, 1.82) is 0 Å². The minimum absolute atomic E-state index is 0.0463. The lowest BCUT2D eigenvalue weighted by Crippen LogP contribution is -2.48. The number of nitrogens with zero attached hydrogens (tertiary/aromatic N) is 1. The third kappa shape index (κ3) is 3.97. The van der Waals surface area contributed by atoms with Crippen LogP contribution >= 0.6 is 15.9 Å². The average Bonchev–Trinajstić information content (AvgIpc) is 3.12. The van der Waals surface area contributed by atoms with Crippen molar-refractivity contribution < 1.29 is 13.2 Å². The lowest BCUT2D eigenvalue weighted by atomic mass is 9.97. The summed E-state index contributed by atoms with van der Waals surface area (Å²) in [6.07, 6.45) is 1.09. The molecule has 0 spiro atoms. The van der Waals surface area contributed by atoms with Crippen LogP contribution in [0.15, 0.2) is 28.7 Å². The molecule has 0 radical (unpaired) electrons. The normalized spacial score (nSPS) is 23.3. The predicted octanol–water partition coefficient (Wildman–Crippen LogP) is 0.906. The first-order chi connectivity index (χ1) is 11.5. The molecule has 1 atom stereocenters. The third-order valence-corrected chi connectivity index (χ3v) is 7.11. The largest absolute Gasteiger partial charge is 0.326 e. The summed E-state index contributed by atoms with van der Waals surface area (Å²) in [7, 11) is -3.35. The van der Waals surface area contributed by atoms with Gasteiger partial charge in [0, 0.05) is 42.4 Å². The van der Waals surface area contributed by atoms with Crippen LogP contribution in [0.5, 0.6) is 0 Å². The van der Waals surface area contributed by atoms with Gasteiger partial charge in [0.15, 0.2) is 0 Å². The van der Waals surface area contributed by atoms with E-state index in [0.717, 1.165) is 10.2 Å². The summed E-state index contributed by atoms with van der Waals surface area (Å²) in [6, 6.07) is 7.40. The maximum atomic E-state index is 12.5. The Morgan fingerprint density at radius 3 is 2.46 bits per heavy atom. The van der Waals surface area contributed by atoms with Crippen molar-refractivity contribution in [2.75, 3.05) is 31.6 Å². The van der Waals surface area contributed by atoms with E-state index in [1.54, 1.807) is 0 Å². The number of amides is 1. The smallest absolute Gasteiger partial charge is 0.231 e. The van der Waals surface area contributed by atoms with Gasteiger partial charge in [-0.1, -0.05) is 15.9 Å². The molecule has 2 heterocycles. The second-order valence-electron chi connectivity index (χ2n) is 6.04. The van der Waals surface area contributed by atoms with Crippen LogP contribution in [0.3, 0.4) is 0 Å². The molecule has 1 aromatic rings. The summed E-state index contributed by atoms with van der Waals surface area (Å²) in [6.45, 7) is 1.71. The summed E-state index contributed by atoms with van der Waals surface area (Å²) < 4.78 is 27.5. The number of sulfonamides is 1. The second kappa shape index (κ2) is 7.49. The van der Waals surface area contributed by atoms with Crippen LogP contribution in [0.1, 0.15) is 12.8 Å². The Morgan fingerprint density at radius 2 is 1.88 bits per heavy atom. The number of rotatable bonds is 4. The number of anilines is 1. The van der Waals surface area contributed by atoms with E-state index < -0.39 is 15.4 Å². The fraction of sp³-hybridized carbons (Fsp3) is 0.533. The van der Waals surface area contributed by atoms with Gasteiger partial charge in [-0.2, -0.15) is 0 Å². The lowest BCUT2D eigenvalue weighted by molar-refractivity contribution is -0.120. The molecule has 2 aliphatic rings. The maximum Gasteiger partial charge on any atom is 0.231 e. The van der Waals surface area contributed by atoms with Crippen molar-refractivity contribution in [3.8, 4) is 0 Å². The predicted molar refractivity (Wildman–Crippen MR) is 95.8 cm³/mol. The highest BCUT2D eigenvalue weighted by molar-refractivity contribution is 9.10. The molecule has 3 N–H and O–H groups in total. The van der Waals surface area contributed by atoms with Crippen molar-refractivity contribution in [2.45, 2.75) is 18.2 Å². The molecule has 0 bridgehead atoms. The Morgan fingerprint density at radius 1 is 1.21 bits per heavy atom. The number of carbonyl (C=O) groups is 1. The summed E-state index contributed by atoms with van der Waals surface area (Å²) in [5.74, 6) is -0.204. The van der Waals surface area contributed by atoms with Crippen LogP contribution in [0, 0.1) is 5.92 Å². The molecule has 2 saturated heterocycles. The van der Waals surface area contributed by atoms with E-state index in [4.69, 9.17) is 0 Å². The van der Waals surface area contributed by atoms with E-state index in [-0.39, 0.29) is 11.8 Å². The van der Waals surface area contributed by atoms with Gasteiger partial charge >= 0.3 is 0 Å². The molecule has 24 heavy (non-hydrogen) atoms. The molecule has 2 aliphatic heterocycles. The maximum absolute atomic E-state index is 12.5. The molecule has 0 aliphatic carbocycles. The lowest BCUT2D eigenvalue weighted by Gasteiger charge is -2.32. The number of nitrogens with one attached hydrogen (secondary N) is 3. The monoisotopic (exact) mass is 416 g/mol. The first-order valence-electron chi connectivity index (χ1n) is 7.96. The number of benzene rings is 1. The molecule has 3 rings (SSSR count). The Labute approximate surface area is 150 Å². The van der Waals surface area contributed by atoms with Crippen LogP contribution in [0.2, 0.25) is 0 Å². The van der Waals surface area contributed by atoms with Gasteiger partial charge < -0.3 is 10.6 Å². The van der Waals surface area contributed by atoms with Crippen LogP contribution < -0.4 is 16.0 Å². The first-order valence-corrected chi connectivity index (χ1v) is 10.3. The van der Waals surface area contributed by atoms with Crippen molar-refractivity contribution in [1.82, 2.24) is 14.9 Å². The summed E-state index contributed by atoms with van der Waals surface area (Å²) in [5, 5.41) is 8.27.